The molecule has 0 atom stereocenters. The number of hydrogen-bond acceptors (Lipinski definition) is 5. The van der Waals surface area contributed by atoms with Gasteiger partial charge in [0.25, 0.3) is 0 Å². The van der Waals surface area contributed by atoms with E-state index in [1.165, 1.54) is 0 Å². The minimum atomic E-state index is 0.254. The molecule has 0 aliphatic rings. The zero-order chi connectivity index (χ0) is 9.26. The molecule has 0 amide bonds. The van der Waals surface area contributed by atoms with Gasteiger partial charge in [0.1, 0.15) is 5.52 Å². The number of anilines is 2. The monoisotopic (exact) mass is 175 g/mol. The molecule has 5 heteroatoms. The van der Waals surface area contributed by atoms with Gasteiger partial charge in [-0.3, -0.25) is 4.98 Å². The molecule has 0 fully saturated rings. The van der Waals surface area contributed by atoms with Crippen LogP contribution in [0.15, 0.2) is 18.3 Å². The molecular weight excluding hydrogens is 166 g/mol. The average molecular weight is 175 g/mol. The van der Waals surface area contributed by atoms with Crippen LogP contribution >= 0.6 is 0 Å². The second kappa shape index (κ2) is 2.85. The Morgan fingerprint density at radius 3 is 3.00 bits per heavy atom. The zero-order valence-electron chi connectivity index (χ0n) is 7.15. The minimum absolute atomic E-state index is 0.254. The van der Waals surface area contributed by atoms with Crippen molar-refractivity contribution in [2.45, 2.75) is 0 Å². The Morgan fingerprint density at radius 1 is 1.38 bits per heavy atom. The van der Waals surface area contributed by atoms with Crippen LogP contribution in [0, 0.1) is 0 Å². The summed E-state index contributed by atoms with van der Waals surface area (Å²) in [4.78, 5) is 12.2. The van der Waals surface area contributed by atoms with E-state index in [2.05, 4.69) is 20.3 Å². The highest BCUT2D eigenvalue weighted by atomic mass is 15.1. The molecule has 2 rings (SSSR count). The zero-order valence-corrected chi connectivity index (χ0v) is 7.15. The first-order valence-electron chi connectivity index (χ1n) is 3.87. The summed E-state index contributed by atoms with van der Waals surface area (Å²) in [7, 11) is 1.77. The molecule has 5 nitrogen and oxygen atoms in total. The number of fused-ring (bicyclic) bond motifs is 1. The third-order valence-corrected chi connectivity index (χ3v) is 1.71. The molecule has 0 aromatic carbocycles. The maximum absolute atomic E-state index is 5.51. The Balaban J connectivity index is 2.81. The summed E-state index contributed by atoms with van der Waals surface area (Å²) in [5.74, 6) is 0.910. The molecule has 2 aromatic rings. The number of nitrogens with two attached hydrogens (primary N) is 1. The molecule has 0 aliphatic heterocycles. The van der Waals surface area contributed by atoms with Crippen molar-refractivity contribution in [2.75, 3.05) is 18.1 Å². The summed E-state index contributed by atoms with van der Waals surface area (Å²) >= 11 is 0. The molecule has 2 heterocycles. The van der Waals surface area contributed by atoms with Gasteiger partial charge in [-0.1, -0.05) is 0 Å². The van der Waals surface area contributed by atoms with Gasteiger partial charge in [-0.05, 0) is 12.1 Å². The molecule has 3 N–H and O–H groups in total. The third-order valence-electron chi connectivity index (χ3n) is 1.71. The Morgan fingerprint density at radius 2 is 2.23 bits per heavy atom. The third kappa shape index (κ3) is 1.24. The van der Waals surface area contributed by atoms with Gasteiger partial charge >= 0.3 is 0 Å². The number of nitrogens with one attached hydrogen (secondary N) is 1. The van der Waals surface area contributed by atoms with Crippen LogP contribution in [0.1, 0.15) is 0 Å². The van der Waals surface area contributed by atoms with Crippen LogP contribution in [-0.2, 0) is 0 Å². The molecule has 0 saturated carbocycles. The van der Waals surface area contributed by atoms with E-state index in [4.69, 9.17) is 5.73 Å². The van der Waals surface area contributed by atoms with Gasteiger partial charge in [-0.2, -0.15) is 4.98 Å². The van der Waals surface area contributed by atoms with E-state index in [1.54, 1.807) is 13.2 Å². The smallest absolute Gasteiger partial charge is 0.222 e. The topological polar surface area (TPSA) is 76.7 Å². The largest absolute Gasteiger partial charge is 0.371 e. The highest BCUT2D eigenvalue weighted by Crippen LogP contribution is 2.16. The van der Waals surface area contributed by atoms with Crippen LogP contribution in [0.5, 0.6) is 0 Å². The van der Waals surface area contributed by atoms with Crippen LogP contribution in [-0.4, -0.2) is 22.0 Å². The molecule has 0 unspecified atom stereocenters. The number of nitrogen functional groups attached to an aromatic ring is 1. The van der Waals surface area contributed by atoms with Gasteiger partial charge in [-0.25, -0.2) is 4.98 Å². The van der Waals surface area contributed by atoms with E-state index in [0.717, 1.165) is 11.0 Å². The molecule has 66 valence electrons. The summed E-state index contributed by atoms with van der Waals surface area (Å²) in [6.45, 7) is 0. The van der Waals surface area contributed by atoms with E-state index >= 15 is 0 Å². The number of nitrogens with zero attached hydrogens (tertiary/aromatic N) is 3. The molecule has 0 radical (unpaired) electrons. The highest BCUT2D eigenvalue weighted by Gasteiger charge is 2.03. The van der Waals surface area contributed by atoms with Crippen LogP contribution in [0.25, 0.3) is 11.0 Å². The van der Waals surface area contributed by atoms with Crippen LogP contribution < -0.4 is 11.1 Å². The number of aromatic nitrogens is 3. The number of pyridine rings is 1. The predicted octanol–water partition coefficient (Wildman–Crippen LogP) is 0.649. The lowest BCUT2D eigenvalue weighted by Gasteiger charge is -2.03. The molecule has 13 heavy (non-hydrogen) atoms. The fraction of sp³-hybridized carbons (Fsp3) is 0.125. The molecular formula is C8H9N5. The van der Waals surface area contributed by atoms with Crippen molar-refractivity contribution in [1.29, 1.82) is 0 Å². The molecule has 0 saturated heterocycles. The van der Waals surface area contributed by atoms with E-state index in [0.29, 0.717) is 5.82 Å². The van der Waals surface area contributed by atoms with E-state index in [-0.39, 0.29) is 5.95 Å². The van der Waals surface area contributed by atoms with Crippen molar-refractivity contribution in [3.05, 3.63) is 18.3 Å². The van der Waals surface area contributed by atoms with Crippen molar-refractivity contribution in [1.82, 2.24) is 15.0 Å². The maximum atomic E-state index is 5.51. The van der Waals surface area contributed by atoms with E-state index in [9.17, 15) is 0 Å². The summed E-state index contributed by atoms with van der Waals surface area (Å²) in [6.07, 6.45) is 1.70. The summed E-state index contributed by atoms with van der Waals surface area (Å²) in [5.41, 5.74) is 7.00. The quantitative estimate of drug-likeness (QED) is 0.665. The summed E-state index contributed by atoms with van der Waals surface area (Å²) in [5, 5.41) is 2.92. The maximum Gasteiger partial charge on any atom is 0.222 e. The van der Waals surface area contributed by atoms with Gasteiger partial charge < -0.3 is 11.1 Å². The van der Waals surface area contributed by atoms with Gasteiger partial charge in [-0.15, -0.1) is 0 Å². The van der Waals surface area contributed by atoms with Crippen molar-refractivity contribution in [3.63, 3.8) is 0 Å². The first-order valence-corrected chi connectivity index (χ1v) is 3.87. The standard InChI is InChI=1S/C8H9N5/c1-10-7-6-5(3-2-4-11-6)12-8(9)13-7/h2-4H,1H3,(H3,9,10,12,13). The van der Waals surface area contributed by atoms with E-state index < -0.39 is 0 Å². The lowest BCUT2D eigenvalue weighted by Crippen LogP contribution is -2.01. The van der Waals surface area contributed by atoms with Crippen molar-refractivity contribution >= 4 is 22.8 Å². The normalized spacial score (nSPS) is 10.2. The minimum Gasteiger partial charge on any atom is -0.371 e. The fourth-order valence-electron chi connectivity index (χ4n) is 1.16. The molecule has 0 aliphatic carbocycles. The molecule has 0 bridgehead atoms. The van der Waals surface area contributed by atoms with Crippen molar-refractivity contribution in [2.24, 2.45) is 0 Å². The SMILES string of the molecule is CNc1nc(N)nc2cccnc12. The second-order valence-corrected chi connectivity index (χ2v) is 2.55. The molecule has 2 aromatic heterocycles. The first-order chi connectivity index (χ1) is 6.31. The van der Waals surface area contributed by atoms with Crippen LogP contribution in [0.4, 0.5) is 11.8 Å². The number of hydrogen-bond donors (Lipinski definition) is 2. The van der Waals surface area contributed by atoms with Crippen molar-refractivity contribution in [3.8, 4) is 0 Å². The van der Waals surface area contributed by atoms with Gasteiger partial charge in [0, 0.05) is 13.2 Å². The van der Waals surface area contributed by atoms with E-state index in [1.807, 2.05) is 12.1 Å². The van der Waals surface area contributed by atoms with Gasteiger partial charge in [0.15, 0.2) is 5.82 Å². The summed E-state index contributed by atoms with van der Waals surface area (Å²) < 4.78 is 0. The van der Waals surface area contributed by atoms with Gasteiger partial charge in [0.05, 0.1) is 5.52 Å². The fourth-order valence-corrected chi connectivity index (χ4v) is 1.16. The van der Waals surface area contributed by atoms with Gasteiger partial charge in [0.2, 0.25) is 5.95 Å². The lowest BCUT2D eigenvalue weighted by atomic mass is 10.3. The van der Waals surface area contributed by atoms with Crippen molar-refractivity contribution < 1.29 is 0 Å². The predicted molar refractivity (Wildman–Crippen MR) is 51.3 cm³/mol. The Hall–Kier alpha value is -1.91. The summed E-state index contributed by atoms with van der Waals surface area (Å²) in [6, 6.07) is 3.66. The van der Waals surface area contributed by atoms with Crippen LogP contribution in [0.3, 0.4) is 0 Å². The Bertz CT molecular complexity index is 439. The molecule has 0 spiro atoms. The lowest BCUT2D eigenvalue weighted by molar-refractivity contribution is 1.20. The first kappa shape index (κ1) is 7.72. The highest BCUT2D eigenvalue weighted by molar-refractivity contribution is 5.85. The number of rotatable bonds is 1. The van der Waals surface area contributed by atoms with Crippen LogP contribution in [0.2, 0.25) is 0 Å². The Labute approximate surface area is 75.0 Å². The average Bonchev–Trinajstić information content (AvgIpc) is 2.16. The second-order valence-electron chi connectivity index (χ2n) is 2.55. The Kier molecular flexibility index (Phi) is 1.70.